The predicted molar refractivity (Wildman–Crippen MR) is 101 cm³/mol. The van der Waals surface area contributed by atoms with Gasteiger partial charge in [0.25, 0.3) is 0 Å². The lowest BCUT2D eigenvalue weighted by atomic mass is 9.73. The van der Waals surface area contributed by atoms with Crippen molar-refractivity contribution < 1.29 is 4.52 Å². The smallest absolute Gasteiger partial charge is 0.228 e. The molecule has 1 aliphatic carbocycles. The van der Waals surface area contributed by atoms with Gasteiger partial charge in [-0.05, 0) is 31.6 Å². The van der Waals surface area contributed by atoms with E-state index in [9.17, 15) is 0 Å². The van der Waals surface area contributed by atoms with E-state index in [2.05, 4.69) is 25.3 Å². The third-order valence-corrected chi connectivity index (χ3v) is 5.06. The fourth-order valence-electron chi connectivity index (χ4n) is 3.88. The Labute approximate surface area is 155 Å². The maximum absolute atomic E-state index is 5.14. The Morgan fingerprint density at radius 1 is 1.30 bits per heavy atom. The summed E-state index contributed by atoms with van der Waals surface area (Å²) in [7, 11) is 1.87. The molecule has 1 aromatic heterocycles. The number of guanidine groups is 1. The van der Waals surface area contributed by atoms with Gasteiger partial charge in [-0.3, -0.25) is 4.99 Å². The van der Waals surface area contributed by atoms with Gasteiger partial charge in [0.05, 0.1) is 0 Å². The normalized spacial score (nSPS) is 20.6. The molecular weight excluding hydrogens is 405 g/mol. The Bertz CT molecular complexity index is 524. The zero-order valence-corrected chi connectivity index (χ0v) is 16.5. The second-order valence-electron chi connectivity index (χ2n) is 6.69. The first-order valence-corrected chi connectivity index (χ1v) is 8.46. The maximum Gasteiger partial charge on any atom is 0.228 e. The Balaban J connectivity index is 0.00000192. The molecule has 3 rings (SSSR count). The highest BCUT2D eigenvalue weighted by molar-refractivity contribution is 14.0. The molecule has 23 heavy (non-hydrogen) atoms. The van der Waals surface area contributed by atoms with E-state index in [-0.39, 0.29) is 24.0 Å². The van der Waals surface area contributed by atoms with Crippen LogP contribution in [-0.4, -0.2) is 47.7 Å². The van der Waals surface area contributed by atoms with Crippen molar-refractivity contribution in [2.45, 2.75) is 51.9 Å². The van der Waals surface area contributed by atoms with E-state index in [1.165, 1.54) is 38.5 Å². The first-order valence-electron chi connectivity index (χ1n) is 8.46. The van der Waals surface area contributed by atoms with Crippen molar-refractivity contribution >= 4 is 29.9 Å². The minimum atomic E-state index is 0. The zero-order valence-electron chi connectivity index (χ0n) is 14.2. The van der Waals surface area contributed by atoms with Crippen molar-refractivity contribution in [2.24, 2.45) is 10.4 Å². The van der Waals surface area contributed by atoms with Crippen LogP contribution in [0, 0.1) is 12.3 Å². The molecule has 1 saturated carbocycles. The van der Waals surface area contributed by atoms with Crippen molar-refractivity contribution in [3.63, 3.8) is 0 Å². The monoisotopic (exact) mass is 433 g/mol. The molecule has 1 spiro atoms. The van der Waals surface area contributed by atoms with Gasteiger partial charge in [0.15, 0.2) is 11.8 Å². The van der Waals surface area contributed by atoms with Crippen molar-refractivity contribution in [3.05, 3.63) is 11.7 Å². The van der Waals surface area contributed by atoms with Crippen LogP contribution < -0.4 is 5.32 Å². The molecule has 0 atom stereocenters. The van der Waals surface area contributed by atoms with Gasteiger partial charge in [0.1, 0.15) is 0 Å². The van der Waals surface area contributed by atoms with E-state index >= 15 is 0 Å². The molecule has 0 unspecified atom stereocenters. The second-order valence-corrected chi connectivity index (χ2v) is 6.69. The van der Waals surface area contributed by atoms with Gasteiger partial charge < -0.3 is 14.7 Å². The van der Waals surface area contributed by atoms with Crippen molar-refractivity contribution in [3.8, 4) is 0 Å². The number of hydrogen-bond donors (Lipinski definition) is 1. The Hall–Kier alpha value is -0.860. The Morgan fingerprint density at radius 2 is 2.09 bits per heavy atom. The minimum absolute atomic E-state index is 0. The van der Waals surface area contributed by atoms with Gasteiger partial charge in [-0.2, -0.15) is 4.98 Å². The number of aliphatic imine (C=N–C) groups is 1. The predicted octanol–water partition coefficient (Wildman–Crippen LogP) is 2.77. The molecule has 1 aliphatic heterocycles. The van der Waals surface area contributed by atoms with E-state index < -0.39 is 0 Å². The van der Waals surface area contributed by atoms with Gasteiger partial charge in [-0.25, -0.2) is 0 Å². The molecule has 0 bridgehead atoms. The molecule has 1 N–H and O–H groups in total. The molecule has 1 saturated heterocycles. The van der Waals surface area contributed by atoms with Crippen LogP contribution in [0.2, 0.25) is 0 Å². The summed E-state index contributed by atoms with van der Waals surface area (Å²) in [6.45, 7) is 4.90. The summed E-state index contributed by atoms with van der Waals surface area (Å²) in [6, 6.07) is 0. The Kier molecular flexibility index (Phi) is 6.67. The summed E-state index contributed by atoms with van der Waals surface area (Å²) >= 11 is 0. The average Bonchev–Trinajstić information content (AvgIpc) is 3.12. The van der Waals surface area contributed by atoms with Crippen molar-refractivity contribution in [1.82, 2.24) is 20.4 Å². The summed E-state index contributed by atoms with van der Waals surface area (Å²) in [6.07, 6.45) is 9.05. The quantitative estimate of drug-likeness (QED) is 0.451. The van der Waals surface area contributed by atoms with Gasteiger partial charge in [0, 0.05) is 33.1 Å². The molecule has 7 heteroatoms. The standard InChI is InChI=1S/C16H27N5O.HI/c1-13-19-14(22-20-13)6-10-18-15(17-2)21-11-9-16(12-21)7-4-3-5-8-16;/h3-12H2,1-2H3,(H,17,18);1H. The van der Waals surface area contributed by atoms with Crippen LogP contribution in [-0.2, 0) is 6.42 Å². The number of aryl methyl sites for hydroxylation is 1. The molecule has 6 nitrogen and oxygen atoms in total. The third kappa shape index (κ3) is 4.58. The highest BCUT2D eigenvalue weighted by atomic mass is 127. The van der Waals surface area contributed by atoms with E-state index in [1.807, 2.05) is 14.0 Å². The van der Waals surface area contributed by atoms with Crippen LogP contribution in [0.5, 0.6) is 0 Å². The molecule has 0 aromatic carbocycles. The van der Waals surface area contributed by atoms with Crippen LogP contribution in [0.4, 0.5) is 0 Å². The fraction of sp³-hybridized carbons (Fsp3) is 0.812. The first kappa shape index (κ1) is 18.5. The Morgan fingerprint density at radius 3 is 2.74 bits per heavy atom. The number of halogens is 1. The number of nitrogens with zero attached hydrogens (tertiary/aromatic N) is 4. The number of aromatic nitrogens is 2. The number of likely N-dealkylation sites (tertiary alicyclic amines) is 1. The number of rotatable bonds is 3. The lowest BCUT2D eigenvalue weighted by molar-refractivity contribution is 0.203. The summed E-state index contributed by atoms with van der Waals surface area (Å²) in [5, 5.41) is 7.25. The molecular formula is C16H28IN5O. The van der Waals surface area contributed by atoms with Gasteiger partial charge in [-0.1, -0.05) is 24.4 Å². The SMILES string of the molecule is CN=C(NCCc1nc(C)no1)N1CCC2(CCCCC2)C1.I. The van der Waals surface area contributed by atoms with Crippen LogP contribution >= 0.6 is 24.0 Å². The molecule has 2 fully saturated rings. The highest BCUT2D eigenvalue weighted by Gasteiger charge is 2.39. The third-order valence-electron chi connectivity index (χ3n) is 5.06. The molecule has 1 aromatic rings. The first-order chi connectivity index (χ1) is 10.7. The van der Waals surface area contributed by atoms with Crippen molar-refractivity contribution in [2.75, 3.05) is 26.7 Å². The molecule has 2 aliphatic rings. The number of nitrogens with one attached hydrogen (secondary N) is 1. The van der Waals surface area contributed by atoms with Crippen LogP contribution in [0.15, 0.2) is 9.52 Å². The van der Waals surface area contributed by atoms with E-state index in [0.717, 1.165) is 32.0 Å². The largest absolute Gasteiger partial charge is 0.356 e. The summed E-state index contributed by atoms with van der Waals surface area (Å²) < 4.78 is 5.14. The van der Waals surface area contributed by atoms with Crippen molar-refractivity contribution in [1.29, 1.82) is 0 Å². The zero-order chi connectivity index (χ0) is 15.4. The highest BCUT2D eigenvalue weighted by Crippen LogP contribution is 2.43. The minimum Gasteiger partial charge on any atom is -0.356 e. The average molecular weight is 433 g/mol. The molecule has 2 heterocycles. The van der Waals surface area contributed by atoms with Gasteiger partial charge in [0.2, 0.25) is 5.89 Å². The molecule has 0 radical (unpaired) electrons. The van der Waals surface area contributed by atoms with Gasteiger partial charge >= 0.3 is 0 Å². The van der Waals surface area contributed by atoms with Crippen LogP contribution in [0.3, 0.4) is 0 Å². The number of hydrogen-bond acceptors (Lipinski definition) is 4. The lowest BCUT2D eigenvalue weighted by Crippen LogP contribution is -2.42. The molecule has 130 valence electrons. The maximum atomic E-state index is 5.14. The summed E-state index contributed by atoms with van der Waals surface area (Å²) in [4.78, 5) is 11.1. The van der Waals surface area contributed by atoms with Crippen LogP contribution in [0.25, 0.3) is 0 Å². The van der Waals surface area contributed by atoms with E-state index in [0.29, 0.717) is 17.1 Å². The fourth-order valence-corrected chi connectivity index (χ4v) is 3.88. The summed E-state index contributed by atoms with van der Waals surface area (Å²) in [5.74, 6) is 2.39. The summed E-state index contributed by atoms with van der Waals surface area (Å²) in [5.41, 5.74) is 0.555. The second kappa shape index (κ2) is 8.30. The van der Waals surface area contributed by atoms with E-state index in [1.54, 1.807) is 0 Å². The lowest BCUT2D eigenvalue weighted by Gasteiger charge is -2.33. The van der Waals surface area contributed by atoms with Crippen LogP contribution in [0.1, 0.15) is 50.2 Å². The molecule has 0 amide bonds. The van der Waals surface area contributed by atoms with Gasteiger partial charge in [-0.15, -0.1) is 24.0 Å². The topological polar surface area (TPSA) is 66.5 Å². The van der Waals surface area contributed by atoms with E-state index in [4.69, 9.17) is 4.52 Å².